The highest BCUT2D eigenvalue weighted by molar-refractivity contribution is 5.08. The summed E-state index contributed by atoms with van der Waals surface area (Å²) in [4.78, 5) is 0. The van der Waals surface area contributed by atoms with E-state index in [1.807, 2.05) is 0 Å². The minimum atomic E-state index is 0.371. The molecule has 0 bridgehead atoms. The van der Waals surface area contributed by atoms with Crippen LogP contribution in [0.3, 0.4) is 0 Å². The van der Waals surface area contributed by atoms with Crippen LogP contribution in [0.2, 0.25) is 0 Å². The minimum absolute atomic E-state index is 0.371. The topological polar surface area (TPSA) is 30.5 Å². The third-order valence-corrected chi connectivity index (χ3v) is 5.97. The van der Waals surface area contributed by atoms with E-state index in [2.05, 4.69) is 12.2 Å². The van der Waals surface area contributed by atoms with Gasteiger partial charge in [0.15, 0.2) is 0 Å². The van der Waals surface area contributed by atoms with Crippen LogP contribution < -0.4 is 5.32 Å². The van der Waals surface area contributed by atoms with Gasteiger partial charge in [0, 0.05) is 18.1 Å². The second kappa shape index (κ2) is 7.43. The van der Waals surface area contributed by atoms with Crippen molar-refractivity contribution >= 4 is 0 Å². The molecule has 1 N–H and O–H groups in total. The molecule has 2 aliphatic carbocycles. The van der Waals surface area contributed by atoms with E-state index in [4.69, 9.17) is 9.47 Å². The fourth-order valence-corrected chi connectivity index (χ4v) is 4.64. The van der Waals surface area contributed by atoms with E-state index in [1.54, 1.807) is 0 Å². The summed E-state index contributed by atoms with van der Waals surface area (Å²) in [5.74, 6) is 0. The van der Waals surface area contributed by atoms with E-state index >= 15 is 0 Å². The Morgan fingerprint density at radius 1 is 1.14 bits per heavy atom. The average molecular weight is 295 g/mol. The van der Waals surface area contributed by atoms with Gasteiger partial charge in [0.25, 0.3) is 0 Å². The third-order valence-electron chi connectivity index (χ3n) is 5.97. The first kappa shape index (κ1) is 15.8. The van der Waals surface area contributed by atoms with Crippen LogP contribution in [0.4, 0.5) is 0 Å². The Labute approximate surface area is 130 Å². The summed E-state index contributed by atoms with van der Waals surface area (Å²) in [5, 5.41) is 3.80. The molecule has 3 heteroatoms. The van der Waals surface area contributed by atoms with Gasteiger partial charge in [-0.15, -0.1) is 0 Å². The zero-order valence-electron chi connectivity index (χ0n) is 13.7. The van der Waals surface area contributed by atoms with Gasteiger partial charge >= 0.3 is 0 Å². The van der Waals surface area contributed by atoms with E-state index in [1.165, 1.54) is 64.2 Å². The molecule has 3 nitrogen and oxygen atoms in total. The molecule has 0 aromatic carbocycles. The number of ether oxygens (including phenoxy) is 2. The van der Waals surface area contributed by atoms with Crippen LogP contribution in [0.5, 0.6) is 0 Å². The van der Waals surface area contributed by atoms with Gasteiger partial charge in [-0.2, -0.15) is 0 Å². The Kier molecular flexibility index (Phi) is 5.58. The van der Waals surface area contributed by atoms with Gasteiger partial charge in [0.1, 0.15) is 0 Å². The van der Waals surface area contributed by atoms with Crippen molar-refractivity contribution in [2.45, 2.75) is 89.4 Å². The summed E-state index contributed by atoms with van der Waals surface area (Å²) >= 11 is 0. The molecule has 122 valence electrons. The zero-order chi connectivity index (χ0) is 14.5. The summed E-state index contributed by atoms with van der Waals surface area (Å²) in [7, 11) is 0. The lowest BCUT2D eigenvalue weighted by atomic mass is 9.57. The SMILES string of the molecule is CCCNC1CC(OCC2CCCO2)C12CCCCCC2. The van der Waals surface area contributed by atoms with Crippen LogP contribution in [0, 0.1) is 5.41 Å². The van der Waals surface area contributed by atoms with Gasteiger partial charge in [0.2, 0.25) is 0 Å². The Bertz CT molecular complexity index is 306. The maximum atomic E-state index is 6.36. The van der Waals surface area contributed by atoms with Gasteiger partial charge in [-0.1, -0.05) is 32.6 Å². The van der Waals surface area contributed by atoms with Gasteiger partial charge in [0.05, 0.1) is 18.8 Å². The molecular formula is C18H33NO2. The van der Waals surface area contributed by atoms with Gasteiger partial charge < -0.3 is 14.8 Å². The Morgan fingerprint density at radius 3 is 2.62 bits per heavy atom. The lowest BCUT2D eigenvalue weighted by Gasteiger charge is -2.56. The predicted octanol–water partition coefficient (Wildman–Crippen LogP) is 3.66. The molecule has 0 aromatic heterocycles. The average Bonchev–Trinajstić information content (AvgIpc) is 2.86. The molecule has 0 amide bonds. The third kappa shape index (κ3) is 3.46. The molecular weight excluding hydrogens is 262 g/mol. The van der Waals surface area contributed by atoms with E-state index in [-0.39, 0.29) is 0 Å². The molecule has 3 unspecified atom stereocenters. The first-order valence-electron chi connectivity index (χ1n) is 9.32. The lowest BCUT2D eigenvalue weighted by molar-refractivity contribution is -0.158. The first-order chi connectivity index (χ1) is 10.3. The van der Waals surface area contributed by atoms with Crippen molar-refractivity contribution in [3.63, 3.8) is 0 Å². The van der Waals surface area contributed by atoms with Crippen molar-refractivity contribution < 1.29 is 9.47 Å². The largest absolute Gasteiger partial charge is 0.376 e. The summed E-state index contributed by atoms with van der Waals surface area (Å²) < 4.78 is 12.1. The van der Waals surface area contributed by atoms with Crippen molar-refractivity contribution in [2.75, 3.05) is 19.8 Å². The van der Waals surface area contributed by atoms with Gasteiger partial charge in [-0.05, 0) is 45.1 Å². The summed E-state index contributed by atoms with van der Waals surface area (Å²) in [6.45, 7) is 5.18. The Morgan fingerprint density at radius 2 is 1.95 bits per heavy atom. The molecule has 1 saturated heterocycles. The van der Waals surface area contributed by atoms with Crippen molar-refractivity contribution in [3.05, 3.63) is 0 Å². The van der Waals surface area contributed by atoms with Crippen LogP contribution in [0.15, 0.2) is 0 Å². The monoisotopic (exact) mass is 295 g/mol. The maximum Gasteiger partial charge on any atom is 0.0809 e. The highest BCUT2D eigenvalue weighted by Gasteiger charge is 2.54. The summed E-state index contributed by atoms with van der Waals surface area (Å²) in [6, 6.07) is 0.699. The fourth-order valence-electron chi connectivity index (χ4n) is 4.64. The Balaban J connectivity index is 1.56. The van der Waals surface area contributed by atoms with Crippen molar-refractivity contribution in [3.8, 4) is 0 Å². The molecule has 2 saturated carbocycles. The van der Waals surface area contributed by atoms with E-state index in [9.17, 15) is 0 Å². The second-order valence-electron chi connectivity index (χ2n) is 7.35. The van der Waals surface area contributed by atoms with Crippen LogP contribution in [-0.4, -0.2) is 38.0 Å². The minimum Gasteiger partial charge on any atom is -0.376 e. The standard InChI is InChI=1S/C18H33NO2/c1-2-11-19-16-13-17(21-14-15-8-7-12-20-15)18(16)9-5-3-4-6-10-18/h15-17,19H,2-14H2,1H3. The molecule has 21 heavy (non-hydrogen) atoms. The highest BCUT2D eigenvalue weighted by atomic mass is 16.5. The lowest BCUT2D eigenvalue weighted by Crippen LogP contribution is -2.64. The number of rotatable bonds is 6. The zero-order valence-corrected chi connectivity index (χ0v) is 13.7. The molecule has 1 heterocycles. The Hall–Kier alpha value is -0.120. The van der Waals surface area contributed by atoms with Crippen LogP contribution in [-0.2, 0) is 9.47 Å². The molecule has 3 atom stereocenters. The first-order valence-corrected chi connectivity index (χ1v) is 9.32. The number of hydrogen-bond acceptors (Lipinski definition) is 3. The summed E-state index contributed by atoms with van der Waals surface area (Å²) in [5.41, 5.74) is 0.435. The smallest absolute Gasteiger partial charge is 0.0809 e. The van der Waals surface area contributed by atoms with E-state index in [0.29, 0.717) is 23.7 Å². The normalized spacial score (nSPS) is 35.6. The molecule has 1 aliphatic heterocycles. The maximum absolute atomic E-state index is 6.36. The molecule has 3 aliphatic rings. The van der Waals surface area contributed by atoms with Crippen LogP contribution in [0.1, 0.15) is 71.1 Å². The molecule has 0 aromatic rings. The van der Waals surface area contributed by atoms with Crippen molar-refractivity contribution in [2.24, 2.45) is 5.41 Å². The molecule has 3 fully saturated rings. The van der Waals surface area contributed by atoms with Crippen LogP contribution >= 0.6 is 0 Å². The molecule has 1 spiro atoms. The second-order valence-corrected chi connectivity index (χ2v) is 7.35. The quantitative estimate of drug-likeness (QED) is 0.811. The summed E-state index contributed by atoms with van der Waals surface area (Å²) in [6.07, 6.45) is 14.1. The molecule has 3 rings (SSSR count). The highest BCUT2D eigenvalue weighted by Crippen LogP contribution is 2.52. The molecule has 0 radical (unpaired) electrons. The van der Waals surface area contributed by atoms with Gasteiger partial charge in [-0.25, -0.2) is 0 Å². The number of hydrogen-bond donors (Lipinski definition) is 1. The van der Waals surface area contributed by atoms with Crippen molar-refractivity contribution in [1.82, 2.24) is 5.32 Å². The van der Waals surface area contributed by atoms with E-state index < -0.39 is 0 Å². The van der Waals surface area contributed by atoms with Crippen LogP contribution in [0.25, 0.3) is 0 Å². The van der Waals surface area contributed by atoms with E-state index in [0.717, 1.165) is 19.8 Å². The fraction of sp³-hybridized carbons (Fsp3) is 1.00. The van der Waals surface area contributed by atoms with Crippen molar-refractivity contribution in [1.29, 1.82) is 0 Å². The predicted molar refractivity (Wildman–Crippen MR) is 85.5 cm³/mol. The number of nitrogens with one attached hydrogen (secondary N) is 1. The van der Waals surface area contributed by atoms with Gasteiger partial charge in [-0.3, -0.25) is 0 Å².